The number of hydrogen-bond donors (Lipinski definition) is 2. The van der Waals surface area contributed by atoms with Crippen molar-refractivity contribution in [2.75, 3.05) is 60.0 Å². The number of guanidine groups is 1. The van der Waals surface area contributed by atoms with Crippen molar-refractivity contribution in [3.05, 3.63) is 29.8 Å². The largest absolute Gasteiger partial charge is 0.496 e. The lowest BCUT2D eigenvalue weighted by Gasteiger charge is -2.30. The number of likely N-dealkylation sites (tertiary alicyclic amines) is 1. The van der Waals surface area contributed by atoms with Gasteiger partial charge in [-0.15, -0.1) is 0 Å². The van der Waals surface area contributed by atoms with Gasteiger partial charge in [0.15, 0.2) is 5.96 Å². The molecule has 1 aromatic rings. The van der Waals surface area contributed by atoms with Crippen LogP contribution in [-0.4, -0.2) is 75.7 Å². The highest BCUT2D eigenvalue weighted by Crippen LogP contribution is 2.31. The predicted molar refractivity (Wildman–Crippen MR) is 123 cm³/mol. The van der Waals surface area contributed by atoms with E-state index in [4.69, 9.17) is 4.74 Å². The van der Waals surface area contributed by atoms with E-state index in [9.17, 15) is 0 Å². The molecule has 1 heterocycles. The Morgan fingerprint density at radius 2 is 1.86 bits per heavy atom. The van der Waals surface area contributed by atoms with Crippen LogP contribution in [0.1, 0.15) is 51.1 Å². The Labute approximate surface area is 177 Å². The summed E-state index contributed by atoms with van der Waals surface area (Å²) in [6, 6.07) is 8.67. The summed E-state index contributed by atoms with van der Waals surface area (Å²) in [5.74, 6) is 1.84. The van der Waals surface area contributed by atoms with Crippen LogP contribution in [0.4, 0.5) is 0 Å². The van der Waals surface area contributed by atoms with Gasteiger partial charge in [-0.25, -0.2) is 0 Å². The molecule has 0 bridgehead atoms. The number of nitrogens with zero attached hydrogens (tertiary/aromatic N) is 3. The van der Waals surface area contributed by atoms with E-state index in [1.54, 1.807) is 7.11 Å². The SMILES string of the molecule is CCN(CC)CCCCNC(=NC)NCC(c1ccccc1OC)N1CCCC1. The molecular formula is C23H41N5O. The molecule has 0 spiro atoms. The van der Waals surface area contributed by atoms with Gasteiger partial charge in [0.05, 0.1) is 13.2 Å². The van der Waals surface area contributed by atoms with Crippen LogP contribution >= 0.6 is 0 Å². The molecule has 29 heavy (non-hydrogen) atoms. The number of nitrogens with one attached hydrogen (secondary N) is 2. The van der Waals surface area contributed by atoms with Crippen molar-refractivity contribution in [2.45, 2.75) is 45.6 Å². The van der Waals surface area contributed by atoms with E-state index in [1.807, 2.05) is 13.1 Å². The second-order valence-electron chi connectivity index (χ2n) is 7.61. The number of rotatable bonds is 12. The summed E-state index contributed by atoms with van der Waals surface area (Å²) in [6.07, 6.45) is 4.90. The molecule has 2 N–H and O–H groups in total. The first kappa shape index (κ1) is 23.5. The van der Waals surface area contributed by atoms with Gasteiger partial charge in [-0.05, 0) is 64.5 Å². The number of ether oxygens (including phenoxy) is 1. The zero-order valence-corrected chi connectivity index (χ0v) is 18.9. The molecule has 1 saturated heterocycles. The first-order chi connectivity index (χ1) is 14.2. The lowest BCUT2D eigenvalue weighted by atomic mass is 10.0. The number of aliphatic imine (C=N–C) groups is 1. The molecule has 1 aromatic carbocycles. The fourth-order valence-corrected chi connectivity index (χ4v) is 4.05. The third kappa shape index (κ3) is 7.52. The van der Waals surface area contributed by atoms with Gasteiger partial charge in [0.1, 0.15) is 5.75 Å². The van der Waals surface area contributed by atoms with Crippen LogP contribution in [0.25, 0.3) is 0 Å². The summed E-state index contributed by atoms with van der Waals surface area (Å²) in [7, 11) is 3.60. The number of para-hydroxylation sites is 1. The van der Waals surface area contributed by atoms with E-state index in [1.165, 1.54) is 31.4 Å². The third-order valence-corrected chi connectivity index (χ3v) is 5.85. The molecule has 1 atom stereocenters. The number of methoxy groups -OCH3 is 1. The summed E-state index contributed by atoms with van der Waals surface area (Å²) < 4.78 is 5.64. The van der Waals surface area contributed by atoms with Crippen LogP contribution in [-0.2, 0) is 0 Å². The van der Waals surface area contributed by atoms with Gasteiger partial charge >= 0.3 is 0 Å². The smallest absolute Gasteiger partial charge is 0.191 e. The molecule has 1 aliphatic rings. The molecule has 0 aromatic heterocycles. The third-order valence-electron chi connectivity index (χ3n) is 5.85. The summed E-state index contributed by atoms with van der Waals surface area (Å²) in [5.41, 5.74) is 1.25. The fourth-order valence-electron chi connectivity index (χ4n) is 4.05. The highest BCUT2D eigenvalue weighted by Gasteiger charge is 2.25. The van der Waals surface area contributed by atoms with Crippen LogP contribution in [0.3, 0.4) is 0 Å². The van der Waals surface area contributed by atoms with Crippen molar-refractivity contribution < 1.29 is 4.74 Å². The standard InChI is InChI=1S/C23H41N5O/c1-5-27(6-2)16-10-9-15-25-23(24-3)26-19-21(28-17-11-12-18-28)20-13-7-8-14-22(20)29-4/h7-8,13-14,21H,5-6,9-12,15-19H2,1-4H3,(H2,24,25,26). The van der Waals surface area contributed by atoms with E-state index in [2.05, 4.69) is 57.5 Å². The Morgan fingerprint density at radius 3 is 2.52 bits per heavy atom. The minimum atomic E-state index is 0.287. The molecule has 6 nitrogen and oxygen atoms in total. The van der Waals surface area contributed by atoms with Crippen LogP contribution in [0.15, 0.2) is 29.3 Å². The van der Waals surface area contributed by atoms with Crippen molar-refractivity contribution in [2.24, 2.45) is 4.99 Å². The number of hydrogen-bond acceptors (Lipinski definition) is 4. The van der Waals surface area contributed by atoms with E-state index in [-0.39, 0.29) is 6.04 Å². The predicted octanol–water partition coefficient (Wildman–Crippen LogP) is 3.12. The Hall–Kier alpha value is -1.79. The Kier molecular flexibility index (Phi) is 10.9. The van der Waals surface area contributed by atoms with Crippen LogP contribution in [0.2, 0.25) is 0 Å². The molecule has 1 unspecified atom stereocenters. The summed E-state index contributed by atoms with van der Waals surface area (Å²) in [5, 5.41) is 7.03. The van der Waals surface area contributed by atoms with Crippen molar-refractivity contribution in [1.82, 2.24) is 20.4 Å². The molecular weight excluding hydrogens is 362 g/mol. The monoisotopic (exact) mass is 403 g/mol. The summed E-state index contributed by atoms with van der Waals surface area (Å²) in [6.45, 7) is 11.9. The molecule has 164 valence electrons. The van der Waals surface area contributed by atoms with E-state index < -0.39 is 0 Å². The van der Waals surface area contributed by atoms with Crippen molar-refractivity contribution in [3.63, 3.8) is 0 Å². The van der Waals surface area contributed by atoms with Crippen molar-refractivity contribution in [1.29, 1.82) is 0 Å². The topological polar surface area (TPSA) is 52.1 Å². The maximum absolute atomic E-state index is 5.64. The number of unbranched alkanes of at least 4 members (excludes halogenated alkanes) is 1. The van der Waals surface area contributed by atoms with E-state index in [0.29, 0.717) is 0 Å². The zero-order chi connectivity index (χ0) is 20.9. The summed E-state index contributed by atoms with van der Waals surface area (Å²) >= 11 is 0. The van der Waals surface area contributed by atoms with Gasteiger partial charge in [0.2, 0.25) is 0 Å². The van der Waals surface area contributed by atoms with E-state index >= 15 is 0 Å². The fraction of sp³-hybridized carbons (Fsp3) is 0.696. The van der Waals surface area contributed by atoms with Gasteiger partial charge in [-0.2, -0.15) is 0 Å². The highest BCUT2D eigenvalue weighted by molar-refractivity contribution is 5.79. The molecule has 0 amide bonds. The average molecular weight is 404 g/mol. The van der Waals surface area contributed by atoms with Gasteiger partial charge in [-0.3, -0.25) is 9.89 Å². The van der Waals surface area contributed by atoms with E-state index in [0.717, 1.165) is 57.4 Å². The Morgan fingerprint density at radius 1 is 1.14 bits per heavy atom. The lowest BCUT2D eigenvalue weighted by molar-refractivity contribution is 0.239. The first-order valence-electron chi connectivity index (χ1n) is 11.3. The zero-order valence-electron chi connectivity index (χ0n) is 18.9. The lowest BCUT2D eigenvalue weighted by Crippen LogP contribution is -2.43. The number of benzene rings is 1. The van der Waals surface area contributed by atoms with Crippen molar-refractivity contribution in [3.8, 4) is 5.75 Å². The highest BCUT2D eigenvalue weighted by atomic mass is 16.5. The van der Waals surface area contributed by atoms with Gasteiger partial charge < -0.3 is 20.3 Å². The van der Waals surface area contributed by atoms with Gasteiger partial charge in [-0.1, -0.05) is 32.0 Å². The van der Waals surface area contributed by atoms with Crippen LogP contribution < -0.4 is 15.4 Å². The quantitative estimate of drug-likeness (QED) is 0.319. The molecule has 6 heteroatoms. The van der Waals surface area contributed by atoms with Gasteiger partial charge in [0, 0.05) is 25.7 Å². The minimum Gasteiger partial charge on any atom is -0.496 e. The van der Waals surface area contributed by atoms with Crippen LogP contribution in [0, 0.1) is 0 Å². The maximum atomic E-state index is 5.64. The first-order valence-corrected chi connectivity index (χ1v) is 11.3. The maximum Gasteiger partial charge on any atom is 0.191 e. The molecule has 2 rings (SSSR count). The van der Waals surface area contributed by atoms with Crippen molar-refractivity contribution >= 4 is 5.96 Å². The molecule has 1 aliphatic heterocycles. The minimum absolute atomic E-state index is 0.287. The Balaban J connectivity index is 1.87. The second kappa shape index (κ2) is 13.4. The molecule has 0 aliphatic carbocycles. The van der Waals surface area contributed by atoms with Gasteiger partial charge in [0.25, 0.3) is 0 Å². The molecule has 0 saturated carbocycles. The average Bonchev–Trinajstić information content (AvgIpc) is 3.29. The Bertz CT molecular complexity index is 597. The molecule has 1 fully saturated rings. The second-order valence-corrected chi connectivity index (χ2v) is 7.61. The normalized spacial score (nSPS) is 16.2. The van der Waals surface area contributed by atoms with Crippen LogP contribution in [0.5, 0.6) is 5.75 Å². The summed E-state index contributed by atoms with van der Waals surface area (Å²) in [4.78, 5) is 9.45. The molecule has 0 radical (unpaired) electrons.